The summed E-state index contributed by atoms with van der Waals surface area (Å²) in [5.41, 5.74) is 4.56. The van der Waals surface area contributed by atoms with E-state index in [1.807, 2.05) is 32.0 Å². The first-order chi connectivity index (χ1) is 18.3. The van der Waals surface area contributed by atoms with Gasteiger partial charge in [-0.15, -0.1) is 0 Å². The molecule has 1 fully saturated rings. The summed E-state index contributed by atoms with van der Waals surface area (Å²) in [5, 5.41) is 2.97. The molecule has 1 saturated heterocycles. The van der Waals surface area contributed by atoms with Gasteiger partial charge in [-0.2, -0.15) is 0 Å². The number of sulfonamides is 1. The third-order valence-electron chi connectivity index (χ3n) is 7.20. The van der Waals surface area contributed by atoms with Crippen molar-refractivity contribution in [2.45, 2.75) is 57.2 Å². The van der Waals surface area contributed by atoms with E-state index in [2.05, 4.69) is 22.3 Å². The van der Waals surface area contributed by atoms with E-state index in [1.54, 1.807) is 36.4 Å². The largest absolute Gasteiger partial charge is 0.476 e. The van der Waals surface area contributed by atoms with Gasteiger partial charge in [-0.1, -0.05) is 54.4 Å². The van der Waals surface area contributed by atoms with Crippen LogP contribution in [0.2, 0.25) is 0 Å². The number of fused-ring (bicyclic) bond motifs is 1. The Morgan fingerprint density at radius 2 is 1.63 bits per heavy atom. The number of rotatable bonds is 7. The van der Waals surface area contributed by atoms with Gasteiger partial charge in [0.25, 0.3) is 15.9 Å². The van der Waals surface area contributed by atoms with Crippen LogP contribution in [0.3, 0.4) is 0 Å². The molecule has 2 aliphatic heterocycles. The number of carbonyl (C=O) groups is 1. The summed E-state index contributed by atoms with van der Waals surface area (Å²) in [4.78, 5) is 15.9. The van der Waals surface area contributed by atoms with Gasteiger partial charge in [0.15, 0.2) is 6.10 Å². The van der Waals surface area contributed by atoms with Crippen LogP contribution in [0, 0.1) is 13.8 Å². The fraction of sp³-hybridized carbons (Fsp3) is 0.367. The minimum atomic E-state index is -3.89. The number of aryl methyl sites for hydroxylation is 2. The maximum absolute atomic E-state index is 13.6. The zero-order valence-electron chi connectivity index (χ0n) is 22.0. The van der Waals surface area contributed by atoms with Crippen molar-refractivity contribution in [1.82, 2.24) is 10.2 Å². The molecule has 1 amide bonds. The molecule has 0 aromatic heterocycles. The van der Waals surface area contributed by atoms with Gasteiger partial charge in [-0.3, -0.25) is 14.0 Å². The molecule has 38 heavy (non-hydrogen) atoms. The molecule has 0 radical (unpaired) electrons. The maximum atomic E-state index is 13.6. The Hall–Kier alpha value is -3.36. The van der Waals surface area contributed by atoms with Gasteiger partial charge in [0.1, 0.15) is 5.75 Å². The van der Waals surface area contributed by atoms with Gasteiger partial charge in [-0.25, -0.2) is 8.42 Å². The monoisotopic (exact) mass is 533 g/mol. The third-order valence-corrected chi connectivity index (χ3v) is 8.99. The predicted octanol–water partition coefficient (Wildman–Crippen LogP) is 4.56. The lowest BCUT2D eigenvalue weighted by atomic mass is 10.1. The van der Waals surface area contributed by atoms with E-state index >= 15 is 0 Å². The molecule has 200 valence electrons. The number of nitrogens with zero attached hydrogens (tertiary/aromatic N) is 2. The molecule has 7 nitrogen and oxygen atoms in total. The quantitative estimate of drug-likeness (QED) is 0.482. The Balaban J connectivity index is 1.31. The number of piperidine rings is 1. The minimum absolute atomic E-state index is 0.104. The van der Waals surface area contributed by atoms with Gasteiger partial charge in [0.05, 0.1) is 17.1 Å². The number of ether oxygens (including phenoxy) is 1. The molecule has 1 N–H and O–H groups in total. The van der Waals surface area contributed by atoms with Crippen molar-refractivity contribution in [3.8, 4) is 5.75 Å². The molecule has 0 aliphatic carbocycles. The van der Waals surface area contributed by atoms with Crippen molar-refractivity contribution in [2.75, 3.05) is 23.9 Å². The molecule has 2 heterocycles. The molecule has 3 aromatic rings. The van der Waals surface area contributed by atoms with Crippen LogP contribution in [0.1, 0.15) is 41.5 Å². The maximum Gasteiger partial charge on any atom is 0.264 e. The number of likely N-dealkylation sites (tertiary alicyclic amines) is 1. The zero-order valence-corrected chi connectivity index (χ0v) is 22.8. The smallest absolute Gasteiger partial charge is 0.264 e. The lowest BCUT2D eigenvalue weighted by molar-refractivity contribution is -0.127. The molecule has 5 rings (SSSR count). The summed E-state index contributed by atoms with van der Waals surface area (Å²) in [6, 6.07) is 20.4. The van der Waals surface area contributed by atoms with E-state index in [4.69, 9.17) is 4.74 Å². The first-order valence-electron chi connectivity index (χ1n) is 13.2. The van der Waals surface area contributed by atoms with E-state index in [9.17, 15) is 13.2 Å². The fourth-order valence-corrected chi connectivity index (χ4v) is 6.56. The van der Waals surface area contributed by atoms with Crippen LogP contribution in [0.15, 0.2) is 71.6 Å². The van der Waals surface area contributed by atoms with Crippen LogP contribution in [0.5, 0.6) is 5.75 Å². The summed E-state index contributed by atoms with van der Waals surface area (Å²) in [5.74, 6) is 0.0401. The first-order valence-corrected chi connectivity index (χ1v) is 14.7. The number of anilines is 1. The zero-order chi connectivity index (χ0) is 26.7. The second kappa shape index (κ2) is 11.2. The molecule has 3 aromatic carbocycles. The number of nitrogens with one attached hydrogen (secondary N) is 1. The van der Waals surface area contributed by atoms with Gasteiger partial charge < -0.3 is 10.1 Å². The van der Waals surface area contributed by atoms with E-state index in [0.717, 1.165) is 36.3 Å². The van der Waals surface area contributed by atoms with Crippen molar-refractivity contribution in [3.05, 3.63) is 89.0 Å². The second-order valence-corrected chi connectivity index (χ2v) is 12.2. The highest BCUT2D eigenvalue weighted by molar-refractivity contribution is 7.92. The van der Waals surface area contributed by atoms with Crippen LogP contribution < -0.4 is 14.4 Å². The Kier molecular flexibility index (Phi) is 7.72. The molecule has 0 spiro atoms. The Morgan fingerprint density at radius 3 is 2.39 bits per heavy atom. The number of hydrogen-bond donors (Lipinski definition) is 1. The molecule has 0 bridgehead atoms. The fourth-order valence-electron chi connectivity index (χ4n) is 5.08. The normalized spacial score (nSPS) is 17.9. The summed E-state index contributed by atoms with van der Waals surface area (Å²) in [6.45, 7) is 7.22. The van der Waals surface area contributed by atoms with E-state index in [0.29, 0.717) is 18.0 Å². The van der Waals surface area contributed by atoms with Crippen LogP contribution in [0.4, 0.5) is 5.69 Å². The van der Waals surface area contributed by atoms with E-state index in [-0.39, 0.29) is 17.3 Å². The minimum Gasteiger partial charge on any atom is -0.476 e. The highest BCUT2D eigenvalue weighted by atomic mass is 32.2. The molecular formula is C30H35N3O4S. The molecule has 1 atom stereocenters. The highest BCUT2D eigenvalue weighted by Crippen LogP contribution is 2.37. The van der Waals surface area contributed by atoms with Crippen molar-refractivity contribution in [3.63, 3.8) is 0 Å². The van der Waals surface area contributed by atoms with Crippen LogP contribution in [0.25, 0.3) is 0 Å². The SMILES string of the molecule is Cc1ccc(S(=O)(=O)N2C[C@H](C(=O)NCc3cccc(CN4CCCCC4)c3)Oc3cc(C)ccc32)cc1. The number of amides is 1. The molecule has 8 heteroatoms. The first kappa shape index (κ1) is 26.3. The van der Waals surface area contributed by atoms with E-state index in [1.165, 1.54) is 29.1 Å². The number of carbonyl (C=O) groups excluding carboxylic acids is 1. The Morgan fingerprint density at radius 1 is 0.921 bits per heavy atom. The Labute approximate surface area is 225 Å². The average molecular weight is 534 g/mol. The highest BCUT2D eigenvalue weighted by Gasteiger charge is 2.37. The topological polar surface area (TPSA) is 79.0 Å². The Bertz CT molecular complexity index is 1400. The van der Waals surface area contributed by atoms with Crippen LogP contribution in [-0.2, 0) is 27.9 Å². The summed E-state index contributed by atoms with van der Waals surface area (Å²) in [6.07, 6.45) is 2.83. The van der Waals surface area contributed by atoms with Gasteiger partial charge in [-0.05, 0) is 80.7 Å². The van der Waals surface area contributed by atoms with Crippen molar-refractivity contribution in [2.24, 2.45) is 0 Å². The summed E-state index contributed by atoms with van der Waals surface area (Å²) < 4.78 is 34.6. The number of benzene rings is 3. The molecule has 2 aliphatic rings. The predicted molar refractivity (Wildman–Crippen MR) is 149 cm³/mol. The van der Waals surface area contributed by atoms with E-state index < -0.39 is 16.1 Å². The lowest BCUT2D eigenvalue weighted by Crippen LogP contribution is -2.50. The molecular weight excluding hydrogens is 498 g/mol. The van der Waals surface area contributed by atoms with Crippen LogP contribution >= 0.6 is 0 Å². The van der Waals surface area contributed by atoms with Crippen LogP contribution in [-0.4, -0.2) is 45.0 Å². The third kappa shape index (κ3) is 5.87. The van der Waals surface area contributed by atoms with Crippen molar-refractivity contribution >= 4 is 21.6 Å². The van der Waals surface area contributed by atoms with Crippen molar-refractivity contribution in [1.29, 1.82) is 0 Å². The van der Waals surface area contributed by atoms with Crippen molar-refractivity contribution < 1.29 is 17.9 Å². The summed E-state index contributed by atoms with van der Waals surface area (Å²) >= 11 is 0. The number of hydrogen-bond acceptors (Lipinski definition) is 5. The summed E-state index contributed by atoms with van der Waals surface area (Å²) in [7, 11) is -3.89. The average Bonchev–Trinajstić information content (AvgIpc) is 2.92. The van der Waals surface area contributed by atoms with Gasteiger partial charge in [0.2, 0.25) is 0 Å². The standard InChI is InChI=1S/C30H35N3O4S/c1-22-9-12-26(13-10-22)38(35,36)33-21-29(37-28-17-23(2)11-14-27(28)33)30(34)31-19-24-7-6-8-25(18-24)20-32-15-4-3-5-16-32/h6-14,17-18,29H,3-5,15-16,19-21H2,1-2H3,(H,31,34)/t29-/m1/s1. The lowest BCUT2D eigenvalue weighted by Gasteiger charge is -2.35. The molecule has 0 saturated carbocycles. The van der Waals surface area contributed by atoms with Gasteiger partial charge in [0, 0.05) is 13.1 Å². The van der Waals surface area contributed by atoms with Gasteiger partial charge >= 0.3 is 0 Å². The molecule has 0 unspecified atom stereocenters. The second-order valence-electron chi connectivity index (χ2n) is 10.3.